The first-order valence-electron chi connectivity index (χ1n) is 9.05. The monoisotopic (exact) mass is 326 g/mol. The van der Waals surface area contributed by atoms with E-state index in [1.807, 2.05) is 11.8 Å². The Kier molecular flexibility index (Phi) is 5.57. The number of carbonyl (C=O) groups excluding carboxylic acids is 1. The van der Waals surface area contributed by atoms with E-state index in [1.54, 1.807) is 0 Å². The van der Waals surface area contributed by atoms with Gasteiger partial charge in [-0.1, -0.05) is 0 Å². The zero-order valence-corrected chi connectivity index (χ0v) is 14.1. The van der Waals surface area contributed by atoms with Crippen LogP contribution in [0.25, 0.3) is 0 Å². The maximum atomic E-state index is 12.3. The lowest BCUT2D eigenvalue weighted by Gasteiger charge is -2.56. The van der Waals surface area contributed by atoms with Crippen LogP contribution in [-0.2, 0) is 14.3 Å². The number of aliphatic hydroxyl groups is 1. The van der Waals surface area contributed by atoms with Crippen LogP contribution in [0.3, 0.4) is 0 Å². The molecule has 3 atom stereocenters. The Morgan fingerprint density at radius 2 is 2.22 bits per heavy atom. The van der Waals surface area contributed by atoms with Crippen LogP contribution < -0.4 is 5.32 Å². The molecule has 1 aliphatic carbocycles. The molecule has 1 amide bonds. The Balaban J connectivity index is 1.40. The number of ether oxygens (including phenoxy) is 2. The number of carbonyl (C=O) groups is 1. The quantitative estimate of drug-likeness (QED) is 0.745. The van der Waals surface area contributed by atoms with Gasteiger partial charge in [-0.3, -0.25) is 4.79 Å². The Morgan fingerprint density at radius 1 is 1.43 bits per heavy atom. The molecule has 0 aromatic rings. The van der Waals surface area contributed by atoms with Gasteiger partial charge in [0.1, 0.15) is 0 Å². The molecule has 0 radical (unpaired) electrons. The number of nitrogens with one attached hydrogen (secondary N) is 1. The summed E-state index contributed by atoms with van der Waals surface area (Å²) >= 11 is 0. The maximum Gasteiger partial charge on any atom is 0.236 e. The van der Waals surface area contributed by atoms with Crippen LogP contribution in [0.5, 0.6) is 0 Å². The van der Waals surface area contributed by atoms with Crippen molar-refractivity contribution in [1.82, 2.24) is 10.2 Å². The Morgan fingerprint density at radius 3 is 2.83 bits per heavy atom. The highest BCUT2D eigenvalue weighted by Gasteiger charge is 2.56. The first-order valence-corrected chi connectivity index (χ1v) is 9.05. The second-order valence-electron chi connectivity index (χ2n) is 7.08. The summed E-state index contributed by atoms with van der Waals surface area (Å²) in [5.41, 5.74) is -0.113. The molecule has 3 aliphatic rings. The minimum atomic E-state index is -0.269. The highest BCUT2D eigenvalue weighted by atomic mass is 16.5. The third kappa shape index (κ3) is 3.55. The van der Waals surface area contributed by atoms with Crippen LogP contribution in [0.15, 0.2) is 0 Å². The lowest BCUT2D eigenvalue weighted by molar-refractivity contribution is -0.209. The molecule has 23 heavy (non-hydrogen) atoms. The van der Waals surface area contributed by atoms with E-state index >= 15 is 0 Å². The maximum absolute atomic E-state index is 12.3. The summed E-state index contributed by atoms with van der Waals surface area (Å²) in [4.78, 5) is 14.2. The molecule has 2 heterocycles. The summed E-state index contributed by atoms with van der Waals surface area (Å²) in [7, 11) is 0. The second kappa shape index (κ2) is 7.47. The molecular formula is C17H30N2O4. The van der Waals surface area contributed by atoms with Crippen molar-refractivity contribution in [3.63, 3.8) is 0 Å². The van der Waals surface area contributed by atoms with Crippen molar-refractivity contribution < 1.29 is 19.4 Å². The van der Waals surface area contributed by atoms with E-state index in [4.69, 9.17) is 9.47 Å². The third-order valence-corrected chi connectivity index (χ3v) is 5.83. The molecule has 3 rings (SSSR count). The standard InChI is InChI=1S/C17H30N2O4/c1-2-22-15-10-14(20)17(15)5-7-19(8-6-17)16(21)12-18-11-13-4-3-9-23-13/h13-15,18,20H,2-12H2,1H3/t13-,14+,15-/m1/s1. The van der Waals surface area contributed by atoms with Gasteiger partial charge in [0, 0.05) is 44.7 Å². The van der Waals surface area contributed by atoms with Crippen LogP contribution in [0, 0.1) is 5.41 Å². The smallest absolute Gasteiger partial charge is 0.236 e. The van der Waals surface area contributed by atoms with Gasteiger partial charge in [0.25, 0.3) is 0 Å². The van der Waals surface area contributed by atoms with Gasteiger partial charge < -0.3 is 24.8 Å². The van der Waals surface area contributed by atoms with Crippen molar-refractivity contribution >= 4 is 5.91 Å². The highest BCUT2D eigenvalue weighted by molar-refractivity contribution is 5.78. The predicted octanol–water partition coefficient (Wildman–Crippen LogP) is 0.534. The summed E-state index contributed by atoms with van der Waals surface area (Å²) in [6.07, 6.45) is 4.80. The Labute approximate surface area is 138 Å². The van der Waals surface area contributed by atoms with E-state index < -0.39 is 0 Å². The van der Waals surface area contributed by atoms with Gasteiger partial charge >= 0.3 is 0 Å². The molecule has 0 aromatic heterocycles. The third-order valence-electron chi connectivity index (χ3n) is 5.83. The van der Waals surface area contributed by atoms with Gasteiger partial charge in [0.05, 0.1) is 24.9 Å². The highest BCUT2D eigenvalue weighted by Crippen LogP contribution is 2.50. The lowest BCUT2D eigenvalue weighted by Crippen LogP contribution is -2.63. The van der Waals surface area contributed by atoms with Gasteiger partial charge in [-0.25, -0.2) is 0 Å². The number of piperidine rings is 1. The van der Waals surface area contributed by atoms with E-state index in [0.717, 1.165) is 58.3 Å². The average Bonchev–Trinajstić information content (AvgIpc) is 3.08. The van der Waals surface area contributed by atoms with Crippen molar-refractivity contribution in [3.8, 4) is 0 Å². The fourth-order valence-corrected chi connectivity index (χ4v) is 4.25. The number of rotatable bonds is 6. The summed E-state index contributed by atoms with van der Waals surface area (Å²) in [5, 5.41) is 13.4. The fraction of sp³-hybridized carbons (Fsp3) is 0.941. The van der Waals surface area contributed by atoms with Gasteiger partial charge in [0.15, 0.2) is 0 Å². The Hall–Kier alpha value is -0.690. The van der Waals surface area contributed by atoms with Crippen LogP contribution in [0.4, 0.5) is 0 Å². The van der Waals surface area contributed by atoms with Crippen LogP contribution in [0.1, 0.15) is 39.0 Å². The van der Waals surface area contributed by atoms with Crippen LogP contribution in [-0.4, -0.2) is 73.6 Å². The molecule has 0 bridgehead atoms. The number of likely N-dealkylation sites (tertiary alicyclic amines) is 1. The minimum absolute atomic E-state index is 0.113. The van der Waals surface area contributed by atoms with Crippen LogP contribution in [0.2, 0.25) is 0 Å². The second-order valence-corrected chi connectivity index (χ2v) is 7.08. The van der Waals surface area contributed by atoms with E-state index in [1.165, 1.54) is 0 Å². The summed E-state index contributed by atoms with van der Waals surface area (Å²) in [6, 6.07) is 0. The normalized spacial score (nSPS) is 33.0. The first-order chi connectivity index (χ1) is 11.2. The number of hydrogen-bond donors (Lipinski definition) is 2. The Bertz CT molecular complexity index is 401. The largest absolute Gasteiger partial charge is 0.392 e. The molecule has 1 saturated carbocycles. The number of nitrogens with zero attached hydrogens (tertiary/aromatic N) is 1. The van der Waals surface area contributed by atoms with Gasteiger partial charge in [0.2, 0.25) is 5.91 Å². The van der Waals surface area contributed by atoms with Crippen molar-refractivity contribution in [2.75, 3.05) is 39.4 Å². The average molecular weight is 326 g/mol. The zero-order valence-electron chi connectivity index (χ0n) is 14.1. The van der Waals surface area contributed by atoms with Crippen molar-refractivity contribution in [3.05, 3.63) is 0 Å². The molecule has 2 aliphatic heterocycles. The minimum Gasteiger partial charge on any atom is -0.392 e. The van der Waals surface area contributed by atoms with Gasteiger partial charge in [-0.05, 0) is 32.6 Å². The SMILES string of the molecule is CCO[C@@H]1C[C@H](O)C12CCN(C(=O)CNC[C@H]1CCCO1)CC2. The summed E-state index contributed by atoms with van der Waals surface area (Å²) in [6.45, 7) is 6.12. The number of amides is 1. The molecule has 2 N–H and O–H groups in total. The topological polar surface area (TPSA) is 71.0 Å². The van der Waals surface area contributed by atoms with Crippen LogP contribution >= 0.6 is 0 Å². The van der Waals surface area contributed by atoms with Crippen molar-refractivity contribution in [1.29, 1.82) is 0 Å². The van der Waals surface area contributed by atoms with Gasteiger partial charge in [-0.2, -0.15) is 0 Å². The molecular weight excluding hydrogens is 296 g/mol. The predicted molar refractivity (Wildman–Crippen MR) is 86.1 cm³/mol. The van der Waals surface area contributed by atoms with E-state index in [-0.39, 0.29) is 29.6 Å². The van der Waals surface area contributed by atoms with Gasteiger partial charge in [-0.15, -0.1) is 0 Å². The fourth-order valence-electron chi connectivity index (χ4n) is 4.25. The first kappa shape index (κ1) is 17.1. The van der Waals surface area contributed by atoms with Crippen molar-refractivity contribution in [2.45, 2.75) is 57.3 Å². The van der Waals surface area contributed by atoms with E-state index in [0.29, 0.717) is 13.2 Å². The molecule has 132 valence electrons. The molecule has 0 aromatic carbocycles. The molecule has 0 unspecified atom stereocenters. The number of aliphatic hydroxyl groups excluding tert-OH is 1. The number of hydrogen-bond acceptors (Lipinski definition) is 5. The van der Waals surface area contributed by atoms with E-state index in [2.05, 4.69) is 5.32 Å². The zero-order chi connectivity index (χ0) is 16.3. The molecule has 2 saturated heterocycles. The van der Waals surface area contributed by atoms with E-state index in [9.17, 15) is 9.90 Å². The summed E-state index contributed by atoms with van der Waals surface area (Å²) < 4.78 is 11.3. The summed E-state index contributed by atoms with van der Waals surface area (Å²) in [5.74, 6) is 0.152. The molecule has 3 fully saturated rings. The molecule has 6 heteroatoms. The van der Waals surface area contributed by atoms with Crippen molar-refractivity contribution in [2.24, 2.45) is 5.41 Å². The molecule has 6 nitrogen and oxygen atoms in total. The lowest BCUT2D eigenvalue weighted by atomic mass is 9.58. The molecule has 1 spiro atoms.